The van der Waals surface area contributed by atoms with Crippen LogP contribution in [0.1, 0.15) is 58.3 Å². The standard InChI is InChI=1S/C20H32O3/c1-19-9-8-17-15(16(19)5-6-18(19)22)4-3-13-11-14(21)7-10-20(13,17)12-23-2/h3,14-18,21-22H,4-12H2,1-2H3/t14?,15-,16-,17+,18?,19-,20+/m0/s1. The molecule has 3 fully saturated rings. The fraction of sp³-hybridized carbons (Fsp3) is 0.900. The molecule has 4 aliphatic carbocycles. The average Bonchev–Trinajstić information content (AvgIpc) is 2.84. The molecule has 0 aliphatic heterocycles. The van der Waals surface area contributed by atoms with Crippen LogP contribution in [0.15, 0.2) is 11.6 Å². The van der Waals surface area contributed by atoms with E-state index in [4.69, 9.17) is 4.74 Å². The lowest BCUT2D eigenvalue weighted by atomic mass is 9.47. The molecule has 0 aromatic carbocycles. The van der Waals surface area contributed by atoms with Gasteiger partial charge in [0.2, 0.25) is 0 Å². The van der Waals surface area contributed by atoms with E-state index in [2.05, 4.69) is 13.0 Å². The zero-order valence-electron chi connectivity index (χ0n) is 14.6. The Kier molecular flexibility index (Phi) is 3.90. The van der Waals surface area contributed by atoms with Gasteiger partial charge in [0.1, 0.15) is 0 Å². The van der Waals surface area contributed by atoms with Gasteiger partial charge in [0.15, 0.2) is 0 Å². The SMILES string of the molecule is COC[C@]12CCC(O)CC1=CC[C@@H]1[C@H]2CC[C@]2(C)C(O)CC[C@@H]12. The first kappa shape index (κ1) is 16.1. The molecule has 0 saturated heterocycles. The summed E-state index contributed by atoms with van der Waals surface area (Å²) in [5.74, 6) is 2.04. The molecule has 3 nitrogen and oxygen atoms in total. The molecule has 4 aliphatic rings. The van der Waals surface area contributed by atoms with Crippen molar-refractivity contribution in [1.82, 2.24) is 0 Å². The van der Waals surface area contributed by atoms with Crippen molar-refractivity contribution in [3.63, 3.8) is 0 Å². The number of ether oxygens (including phenoxy) is 1. The van der Waals surface area contributed by atoms with E-state index in [0.29, 0.717) is 17.8 Å². The Morgan fingerprint density at radius 1 is 1.13 bits per heavy atom. The van der Waals surface area contributed by atoms with Gasteiger partial charge in [-0.2, -0.15) is 0 Å². The zero-order chi connectivity index (χ0) is 16.2. The van der Waals surface area contributed by atoms with Crippen molar-refractivity contribution >= 4 is 0 Å². The summed E-state index contributed by atoms with van der Waals surface area (Å²) in [4.78, 5) is 0. The van der Waals surface area contributed by atoms with E-state index in [9.17, 15) is 10.2 Å². The van der Waals surface area contributed by atoms with Gasteiger partial charge in [-0.05, 0) is 74.5 Å². The molecule has 130 valence electrons. The topological polar surface area (TPSA) is 49.7 Å². The minimum Gasteiger partial charge on any atom is -0.393 e. The Morgan fingerprint density at radius 3 is 2.74 bits per heavy atom. The molecule has 0 heterocycles. The predicted octanol–water partition coefficient (Wildman–Crippen LogP) is 3.30. The summed E-state index contributed by atoms with van der Waals surface area (Å²) in [6.07, 6.45) is 10.7. The molecule has 0 bridgehead atoms. The maximum atomic E-state index is 10.5. The van der Waals surface area contributed by atoms with Crippen molar-refractivity contribution in [1.29, 1.82) is 0 Å². The number of hydrogen-bond acceptors (Lipinski definition) is 3. The number of aliphatic hydroxyl groups is 2. The van der Waals surface area contributed by atoms with Gasteiger partial charge in [-0.15, -0.1) is 0 Å². The molecule has 23 heavy (non-hydrogen) atoms. The molecule has 2 N–H and O–H groups in total. The Morgan fingerprint density at radius 2 is 1.96 bits per heavy atom. The highest BCUT2D eigenvalue weighted by Crippen LogP contribution is 2.64. The van der Waals surface area contributed by atoms with Crippen LogP contribution < -0.4 is 0 Å². The van der Waals surface area contributed by atoms with Crippen LogP contribution in [0.3, 0.4) is 0 Å². The number of hydrogen-bond donors (Lipinski definition) is 2. The molecule has 4 rings (SSSR count). The van der Waals surface area contributed by atoms with Crippen LogP contribution in [0.4, 0.5) is 0 Å². The van der Waals surface area contributed by atoms with Crippen LogP contribution in [0.5, 0.6) is 0 Å². The second-order valence-electron chi connectivity index (χ2n) is 8.97. The van der Waals surface area contributed by atoms with Crippen LogP contribution in [0.2, 0.25) is 0 Å². The molecular formula is C20H32O3. The Labute approximate surface area is 140 Å². The Hall–Kier alpha value is -0.380. The zero-order valence-corrected chi connectivity index (χ0v) is 14.6. The maximum Gasteiger partial charge on any atom is 0.0596 e. The fourth-order valence-corrected chi connectivity index (χ4v) is 6.94. The monoisotopic (exact) mass is 320 g/mol. The fourth-order valence-electron chi connectivity index (χ4n) is 6.94. The molecule has 0 spiro atoms. The van der Waals surface area contributed by atoms with Gasteiger partial charge in [0.05, 0.1) is 18.8 Å². The molecule has 0 radical (unpaired) electrons. The lowest BCUT2D eigenvalue weighted by Gasteiger charge is -2.58. The van der Waals surface area contributed by atoms with Crippen LogP contribution in [-0.4, -0.2) is 36.1 Å². The van der Waals surface area contributed by atoms with E-state index >= 15 is 0 Å². The van der Waals surface area contributed by atoms with Gasteiger partial charge in [-0.1, -0.05) is 18.6 Å². The van der Waals surface area contributed by atoms with Gasteiger partial charge in [0.25, 0.3) is 0 Å². The summed E-state index contributed by atoms with van der Waals surface area (Å²) in [7, 11) is 1.83. The van der Waals surface area contributed by atoms with Crippen molar-refractivity contribution in [2.45, 2.75) is 70.5 Å². The van der Waals surface area contributed by atoms with Crippen molar-refractivity contribution in [2.24, 2.45) is 28.6 Å². The smallest absolute Gasteiger partial charge is 0.0596 e. The molecule has 0 aromatic heterocycles. The summed E-state index contributed by atoms with van der Waals surface area (Å²) < 4.78 is 5.71. The van der Waals surface area contributed by atoms with E-state index < -0.39 is 0 Å². The van der Waals surface area contributed by atoms with Crippen molar-refractivity contribution in [3.05, 3.63) is 11.6 Å². The Bertz CT molecular complexity index is 501. The van der Waals surface area contributed by atoms with Gasteiger partial charge >= 0.3 is 0 Å². The third-order valence-corrected chi connectivity index (χ3v) is 8.15. The molecule has 0 amide bonds. The molecule has 2 unspecified atom stereocenters. The molecular weight excluding hydrogens is 288 g/mol. The van der Waals surface area contributed by atoms with Gasteiger partial charge in [-0.25, -0.2) is 0 Å². The Balaban J connectivity index is 1.70. The van der Waals surface area contributed by atoms with E-state index in [1.165, 1.54) is 18.4 Å². The second-order valence-corrected chi connectivity index (χ2v) is 8.97. The van der Waals surface area contributed by atoms with E-state index in [1.807, 2.05) is 7.11 Å². The van der Waals surface area contributed by atoms with Crippen molar-refractivity contribution in [2.75, 3.05) is 13.7 Å². The second kappa shape index (κ2) is 5.57. The molecule has 3 heteroatoms. The van der Waals surface area contributed by atoms with E-state index in [-0.39, 0.29) is 23.0 Å². The number of rotatable bonds is 2. The highest BCUT2D eigenvalue weighted by atomic mass is 16.5. The lowest BCUT2D eigenvalue weighted by Crippen LogP contribution is -2.53. The molecule has 0 aromatic rings. The number of aliphatic hydroxyl groups excluding tert-OH is 2. The highest BCUT2D eigenvalue weighted by Gasteiger charge is 2.59. The van der Waals surface area contributed by atoms with Gasteiger partial charge in [-0.3, -0.25) is 0 Å². The minimum absolute atomic E-state index is 0.106. The summed E-state index contributed by atoms with van der Waals surface area (Å²) in [6.45, 7) is 3.14. The van der Waals surface area contributed by atoms with E-state index in [1.54, 1.807) is 0 Å². The van der Waals surface area contributed by atoms with Crippen LogP contribution in [0.25, 0.3) is 0 Å². The largest absolute Gasteiger partial charge is 0.393 e. The first-order valence-electron chi connectivity index (χ1n) is 9.56. The third-order valence-electron chi connectivity index (χ3n) is 8.15. The third kappa shape index (κ3) is 2.19. The summed E-state index contributed by atoms with van der Waals surface area (Å²) >= 11 is 0. The van der Waals surface area contributed by atoms with Gasteiger partial charge in [0, 0.05) is 12.5 Å². The van der Waals surface area contributed by atoms with Crippen LogP contribution in [-0.2, 0) is 4.74 Å². The van der Waals surface area contributed by atoms with Gasteiger partial charge < -0.3 is 14.9 Å². The molecule has 7 atom stereocenters. The van der Waals surface area contributed by atoms with Crippen molar-refractivity contribution < 1.29 is 14.9 Å². The normalized spacial score (nSPS) is 52.3. The minimum atomic E-state index is -0.162. The van der Waals surface area contributed by atoms with Crippen LogP contribution in [0, 0.1) is 28.6 Å². The number of fused-ring (bicyclic) bond motifs is 5. The van der Waals surface area contributed by atoms with Crippen molar-refractivity contribution in [3.8, 4) is 0 Å². The maximum absolute atomic E-state index is 10.5. The summed E-state index contributed by atoms with van der Waals surface area (Å²) in [6, 6.07) is 0. The predicted molar refractivity (Wildman–Crippen MR) is 89.9 cm³/mol. The average molecular weight is 320 g/mol. The number of allylic oxidation sites excluding steroid dienone is 1. The lowest BCUT2D eigenvalue weighted by molar-refractivity contribution is -0.0935. The quantitative estimate of drug-likeness (QED) is 0.768. The number of methoxy groups -OCH3 is 1. The molecule has 3 saturated carbocycles. The highest BCUT2D eigenvalue weighted by molar-refractivity contribution is 5.26. The van der Waals surface area contributed by atoms with E-state index in [0.717, 1.165) is 45.1 Å². The van der Waals surface area contributed by atoms with Crippen LogP contribution >= 0.6 is 0 Å². The summed E-state index contributed by atoms with van der Waals surface area (Å²) in [5.41, 5.74) is 1.77. The summed E-state index contributed by atoms with van der Waals surface area (Å²) in [5, 5.41) is 20.7. The first-order chi connectivity index (χ1) is 11.0. The first-order valence-corrected chi connectivity index (χ1v) is 9.56.